The van der Waals surface area contributed by atoms with Crippen LogP contribution in [0.3, 0.4) is 0 Å². The van der Waals surface area contributed by atoms with Crippen LogP contribution in [-0.4, -0.2) is 46.6 Å². The van der Waals surface area contributed by atoms with Crippen LogP contribution in [0.4, 0.5) is 0 Å². The van der Waals surface area contributed by atoms with Crippen molar-refractivity contribution in [2.24, 2.45) is 0 Å². The van der Waals surface area contributed by atoms with Gasteiger partial charge in [0.15, 0.2) is 0 Å². The molecule has 3 rings (SSSR count). The van der Waals surface area contributed by atoms with Crippen LogP contribution in [0.2, 0.25) is 0 Å². The number of carbonyl (C=O) groups excluding carboxylic acids is 1. The van der Waals surface area contributed by atoms with Crippen molar-refractivity contribution in [3.8, 4) is 30.4 Å². The Hall–Kier alpha value is -3.08. The van der Waals surface area contributed by atoms with E-state index in [2.05, 4.69) is 22.3 Å². The first-order valence-electron chi connectivity index (χ1n) is 9.57. The Morgan fingerprint density at radius 1 is 1.21 bits per heavy atom. The highest BCUT2D eigenvalue weighted by Crippen LogP contribution is 2.25. The summed E-state index contributed by atoms with van der Waals surface area (Å²) in [5, 5.41) is 21.3. The summed E-state index contributed by atoms with van der Waals surface area (Å²) in [6.07, 6.45) is 11.9. The summed E-state index contributed by atoms with van der Waals surface area (Å²) in [5.74, 6) is 3.04. The second-order valence-corrected chi connectivity index (χ2v) is 7.18. The normalized spacial score (nSPS) is 26.7. The van der Waals surface area contributed by atoms with E-state index in [-0.39, 0.29) is 30.6 Å². The van der Waals surface area contributed by atoms with Gasteiger partial charge in [-0.1, -0.05) is 5.92 Å². The minimum absolute atomic E-state index is 0.0848. The van der Waals surface area contributed by atoms with Gasteiger partial charge in [-0.25, -0.2) is 4.98 Å². The van der Waals surface area contributed by atoms with Crippen LogP contribution in [0.5, 0.6) is 5.88 Å². The Balaban J connectivity index is 1.43. The number of nitrogens with one attached hydrogen (secondary N) is 1. The quantitative estimate of drug-likeness (QED) is 0.785. The lowest BCUT2D eigenvalue weighted by Gasteiger charge is -2.30. The number of rotatable bonds is 5. The van der Waals surface area contributed by atoms with Gasteiger partial charge in [-0.15, -0.1) is 6.42 Å². The predicted octanol–water partition coefficient (Wildman–Crippen LogP) is 1.75. The maximum Gasteiger partial charge on any atom is 0.238 e. The minimum Gasteiger partial charge on any atom is -0.474 e. The molecule has 1 N–H and O–H groups in total. The van der Waals surface area contributed by atoms with E-state index in [9.17, 15) is 10.1 Å². The molecule has 0 bridgehead atoms. The number of ether oxygens (including phenoxy) is 1. The Kier molecular flexibility index (Phi) is 6.48. The summed E-state index contributed by atoms with van der Waals surface area (Å²) in [5.41, 5.74) is 0.508. The van der Waals surface area contributed by atoms with Gasteiger partial charge in [0, 0.05) is 18.3 Å². The highest BCUT2D eigenvalue weighted by molar-refractivity contribution is 5.80. The molecule has 1 aromatic heterocycles. The van der Waals surface area contributed by atoms with Crippen LogP contribution in [-0.2, 0) is 4.79 Å². The zero-order chi connectivity index (χ0) is 19.9. The van der Waals surface area contributed by atoms with Crippen LogP contribution < -0.4 is 10.1 Å². The molecule has 2 heterocycles. The zero-order valence-electron chi connectivity index (χ0n) is 15.7. The largest absolute Gasteiger partial charge is 0.474 e. The molecule has 144 valence electrons. The molecule has 1 aliphatic carbocycles. The van der Waals surface area contributed by atoms with Gasteiger partial charge in [0.25, 0.3) is 0 Å². The molecule has 1 saturated heterocycles. The van der Waals surface area contributed by atoms with E-state index in [1.54, 1.807) is 17.0 Å². The average Bonchev–Trinajstić information content (AvgIpc) is 3.17. The Morgan fingerprint density at radius 3 is 2.57 bits per heavy atom. The number of nitrogens with zero attached hydrogens (tertiary/aromatic N) is 4. The molecule has 1 aliphatic heterocycles. The van der Waals surface area contributed by atoms with Crippen LogP contribution in [0.25, 0.3) is 0 Å². The van der Waals surface area contributed by atoms with Crippen LogP contribution >= 0.6 is 0 Å². The molecule has 2 fully saturated rings. The smallest absolute Gasteiger partial charge is 0.238 e. The number of amides is 1. The lowest BCUT2D eigenvalue weighted by molar-refractivity contribution is -0.131. The van der Waals surface area contributed by atoms with Crippen molar-refractivity contribution in [2.45, 2.75) is 62.8 Å². The third-order valence-electron chi connectivity index (χ3n) is 5.38. The number of hydrogen-bond donors (Lipinski definition) is 1. The van der Waals surface area contributed by atoms with Gasteiger partial charge < -0.3 is 15.0 Å². The van der Waals surface area contributed by atoms with Gasteiger partial charge >= 0.3 is 0 Å². The van der Waals surface area contributed by atoms with Gasteiger partial charge in [0.2, 0.25) is 11.8 Å². The fraction of sp³-hybridized carbons (Fsp3) is 0.524. The molecule has 0 unspecified atom stereocenters. The number of pyridine rings is 1. The van der Waals surface area contributed by atoms with E-state index >= 15 is 0 Å². The number of nitriles is 2. The summed E-state index contributed by atoms with van der Waals surface area (Å²) in [6.45, 7) is 0.198. The SMILES string of the molecule is C#C[C@H]1CC[C@@H](C#N)N1C(=O)CN[C@H]1CC[C@H](Oc2ccc(C#N)cn2)CC1. The number of likely N-dealkylation sites (tertiary alicyclic amines) is 1. The van der Waals surface area contributed by atoms with Gasteiger partial charge in [0.1, 0.15) is 18.2 Å². The van der Waals surface area contributed by atoms with E-state index < -0.39 is 6.04 Å². The lowest BCUT2D eigenvalue weighted by atomic mass is 9.93. The Labute approximate surface area is 165 Å². The number of aromatic nitrogens is 1. The Morgan fingerprint density at radius 2 is 1.96 bits per heavy atom. The highest BCUT2D eigenvalue weighted by atomic mass is 16.5. The third kappa shape index (κ3) is 4.60. The number of carbonyl (C=O) groups is 1. The van der Waals surface area contributed by atoms with Crippen molar-refractivity contribution in [2.75, 3.05) is 6.54 Å². The van der Waals surface area contributed by atoms with Crippen LogP contribution in [0.1, 0.15) is 44.1 Å². The second-order valence-electron chi connectivity index (χ2n) is 7.18. The zero-order valence-corrected chi connectivity index (χ0v) is 15.7. The third-order valence-corrected chi connectivity index (χ3v) is 5.38. The van der Waals surface area contributed by atoms with E-state index in [4.69, 9.17) is 16.4 Å². The monoisotopic (exact) mass is 377 g/mol. The second kappa shape index (κ2) is 9.22. The maximum atomic E-state index is 12.5. The Bertz CT molecular complexity index is 787. The van der Waals surface area contributed by atoms with Crippen LogP contribution in [0.15, 0.2) is 18.3 Å². The molecule has 0 radical (unpaired) electrons. The summed E-state index contributed by atoms with van der Waals surface area (Å²) in [7, 11) is 0. The van der Waals surface area contributed by atoms with Crippen molar-refractivity contribution in [3.63, 3.8) is 0 Å². The van der Waals surface area contributed by atoms with Crippen molar-refractivity contribution in [3.05, 3.63) is 23.9 Å². The molecular formula is C21H23N5O2. The van der Waals surface area contributed by atoms with Crippen molar-refractivity contribution >= 4 is 5.91 Å². The van der Waals surface area contributed by atoms with Gasteiger partial charge in [0.05, 0.1) is 24.2 Å². The van der Waals surface area contributed by atoms with Crippen LogP contribution in [0, 0.1) is 35.0 Å². The van der Waals surface area contributed by atoms with Gasteiger partial charge in [-0.3, -0.25) is 4.79 Å². The first-order valence-corrected chi connectivity index (χ1v) is 9.57. The average molecular weight is 377 g/mol. The molecule has 7 nitrogen and oxygen atoms in total. The molecule has 2 atom stereocenters. The van der Waals surface area contributed by atoms with Gasteiger partial charge in [-0.2, -0.15) is 10.5 Å². The van der Waals surface area contributed by atoms with Gasteiger partial charge in [-0.05, 0) is 44.6 Å². The fourth-order valence-corrected chi connectivity index (χ4v) is 3.84. The minimum atomic E-state index is -0.417. The summed E-state index contributed by atoms with van der Waals surface area (Å²) in [6, 6.07) is 7.16. The number of hydrogen-bond acceptors (Lipinski definition) is 6. The van der Waals surface area contributed by atoms with Crippen molar-refractivity contribution < 1.29 is 9.53 Å². The first-order chi connectivity index (χ1) is 13.6. The molecule has 1 amide bonds. The van der Waals surface area contributed by atoms with E-state index in [0.717, 1.165) is 25.7 Å². The topological polar surface area (TPSA) is 102 Å². The summed E-state index contributed by atoms with van der Waals surface area (Å²) < 4.78 is 5.89. The molecule has 7 heteroatoms. The van der Waals surface area contributed by atoms with E-state index in [1.807, 2.05) is 6.07 Å². The van der Waals surface area contributed by atoms with Crippen molar-refractivity contribution in [1.29, 1.82) is 10.5 Å². The fourth-order valence-electron chi connectivity index (χ4n) is 3.84. The van der Waals surface area contributed by atoms with Crippen molar-refractivity contribution in [1.82, 2.24) is 15.2 Å². The summed E-state index contributed by atoms with van der Waals surface area (Å²) >= 11 is 0. The summed E-state index contributed by atoms with van der Waals surface area (Å²) in [4.78, 5) is 18.2. The maximum absolute atomic E-state index is 12.5. The molecule has 28 heavy (non-hydrogen) atoms. The molecule has 1 aromatic rings. The predicted molar refractivity (Wildman–Crippen MR) is 102 cm³/mol. The molecule has 1 saturated carbocycles. The molecular weight excluding hydrogens is 354 g/mol. The lowest BCUT2D eigenvalue weighted by Crippen LogP contribution is -2.47. The van der Waals surface area contributed by atoms with E-state index in [0.29, 0.717) is 24.3 Å². The standard InChI is InChI=1S/C21H23N5O2/c1-2-17-6-7-18(12-23)26(17)21(27)14-24-16-4-8-19(9-5-16)28-20-10-3-15(11-22)13-25-20/h1,3,10,13,16-19,24H,4-9,14H2/t16-,17-,18-,19-/m0/s1. The first kappa shape index (κ1) is 19.7. The molecule has 0 spiro atoms. The highest BCUT2D eigenvalue weighted by Gasteiger charge is 2.36. The molecule has 0 aromatic carbocycles. The number of terminal acetylenes is 1. The van der Waals surface area contributed by atoms with E-state index in [1.165, 1.54) is 6.20 Å². The molecule has 2 aliphatic rings.